The Morgan fingerprint density at radius 1 is 1.11 bits per heavy atom. The fourth-order valence-electron chi connectivity index (χ4n) is 1.74. The van der Waals surface area contributed by atoms with E-state index in [4.69, 9.17) is 9.47 Å². The summed E-state index contributed by atoms with van der Waals surface area (Å²) in [5.41, 5.74) is 0. The van der Waals surface area contributed by atoms with Gasteiger partial charge in [0.2, 0.25) is 0 Å². The zero-order valence-corrected chi connectivity index (χ0v) is 12.4. The van der Waals surface area contributed by atoms with Crippen LogP contribution in [0.5, 0.6) is 0 Å². The summed E-state index contributed by atoms with van der Waals surface area (Å²) in [6.45, 7) is 8.48. The topological polar surface area (TPSA) is 35.5 Å². The van der Waals surface area contributed by atoms with Crippen molar-refractivity contribution in [3.05, 3.63) is 0 Å². The number of carbonyl (C=O) groups excluding carboxylic acids is 1. The monoisotopic (exact) mass is 258 g/mol. The number of rotatable bonds is 12. The molecule has 1 unspecified atom stereocenters. The van der Waals surface area contributed by atoms with Gasteiger partial charge in [0.25, 0.3) is 0 Å². The quantitative estimate of drug-likeness (QED) is 0.393. The fourth-order valence-corrected chi connectivity index (χ4v) is 1.74. The molecule has 0 fully saturated rings. The molecule has 0 radical (unpaired) electrons. The summed E-state index contributed by atoms with van der Waals surface area (Å²) in [5, 5.41) is 0. The van der Waals surface area contributed by atoms with E-state index in [9.17, 15) is 4.79 Å². The van der Waals surface area contributed by atoms with Crippen LogP contribution in [-0.4, -0.2) is 25.8 Å². The average Bonchev–Trinajstić information content (AvgIpc) is 2.38. The van der Waals surface area contributed by atoms with Gasteiger partial charge in [0, 0.05) is 19.6 Å². The summed E-state index contributed by atoms with van der Waals surface area (Å²) in [4.78, 5) is 11.5. The van der Waals surface area contributed by atoms with Crippen LogP contribution in [0.2, 0.25) is 0 Å². The molecule has 0 aromatic carbocycles. The van der Waals surface area contributed by atoms with Crippen LogP contribution in [0.3, 0.4) is 0 Å². The normalized spacial score (nSPS) is 12.4. The van der Waals surface area contributed by atoms with Crippen molar-refractivity contribution in [3.63, 3.8) is 0 Å². The van der Waals surface area contributed by atoms with Gasteiger partial charge in [0.05, 0.1) is 6.61 Å². The molecule has 3 nitrogen and oxygen atoms in total. The van der Waals surface area contributed by atoms with E-state index in [1.54, 1.807) is 0 Å². The lowest BCUT2D eigenvalue weighted by molar-refractivity contribution is -0.145. The first kappa shape index (κ1) is 17.4. The van der Waals surface area contributed by atoms with Gasteiger partial charge >= 0.3 is 5.97 Å². The summed E-state index contributed by atoms with van der Waals surface area (Å²) in [6.07, 6.45) is 7.11. The maximum absolute atomic E-state index is 11.5. The standard InChI is InChI=1S/C15H30O3/c1-4-6-10-14(3)13-18-15(16)11-8-7-9-12-17-5-2/h14H,4-13H2,1-3H3. The summed E-state index contributed by atoms with van der Waals surface area (Å²) < 4.78 is 10.5. The Hall–Kier alpha value is -0.570. The minimum atomic E-state index is -0.0465. The van der Waals surface area contributed by atoms with Crippen molar-refractivity contribution < 1.29 is 14.3 Å². The Morgan fingerprint density at radius 2 is 1.89 bits per heavy atom. The van der Waals surface area contributed by atoms with Crippen LogP contribution in [0.1, 0.15) is 65.7 Å². The molecule has 0 rings (SSSR count). The van der Waals surface area contributed by atoms with Crippen molar-refractivity contribution in [2.24, 2.45) is 5.92 Å². The number of hydrogen-bond donors (Lipinski definition) is 0. The van der Waals surface area contributed by atoms with E-state index in [1.165, 1.54) is 12.8 Å². The first-order valence-corrected chi connectivity index (χ1v) is 7.44. The highest BCUT2D eigenvalue weighted by molar-refractivity contribution is 5.69. The largest absolute Gasteiger partial charge is 0.465 e. The van der Waals surface area contributed by atoms with Crippen molar-refractivity contribution in [2.75, 3.05) is 19.8 Å². The summed E-state index contributed by atoms with van der Waals surface area (Å²) in [7, 11) is 0. The third kappa shape index (κ3) is 11.9. The van der Waals surface area contributed by atoms with Crippen LogP contribution < -0.4 is 0 Å². The Bertz CT molecular complexity index is 192. The molecule has 0 aliphatic rings. The third-order valence-electron chi connectivity index (χ3n) is 2.95. The van der Waals surface area contributed by atoms with Crippen molar-refractivity contribution in [1.29, 1.82) is 0 Å². The molecule has 0 aromatic rings. The summed E-state index contributed by atoms with van der Waals surface area (Å²) in [5.74, 6) is 0.446. The lowest BCUT2D eigenvalue weighted by Crippen LogP contribution is -2.11. The molecule has 18 heavy (non-hydrogen) atoms. The number of unbranched alkanes of at least 4 members (excludes halogenated alkanes) is 3. The Labute approximate surface area is 112 Å². The van der Waals surface area contributed by atoms with Crippen LogP contribution in [0.25, 0.3) is 0 Å². The maximum Gasteiger partial charge on any atom is 0.305 e. The van der Waals surface area contributed by atoms with E-state index < -0.39 is 0 Å². The first-order chi connectivity index (χ1) is 8.70. The average molecular weight is 258 g/mol. The van der Waals surface area contributed by atoms with Crippen LogP contribution >= 0.6 is 0 Å². The molecule has 0 N–H and O–H groups in total. The zero-order valence-electron chi connectivity index (χ0n) is 12.4. The molecule has 0 spiro atoms. The second kappa shape index (κ2) is 12.9. The van der Waals surface area contributed by atoms with E-state index in [0.29, 0.717) is 18.9 Å². The molecular weight excluding hydrogens is 228 g/mol. The number of esters is 1. The smallest absolute Gasteiger partial charge is 0.305 e. The predicted octanol–water partition coefficient (Wildman–Crippen LogP) is 3.95. The maximum atomic E-state index is 11.5. The van der Waals surface area contributed by atoms with E-state index in [1.807, 2.05) is 6.92 Å². The van der Waals surface area contributed by atoms with Crippen LogP contribution in [0.15, 0.2) is 0 Å². The molecule has 1 atom stereocenters. The van der Waals surface area contributed by atoms with Crippen molar-refractivity contribution in [3.8, 4) is 0 Å². The van der Waals surface area contributed by atoms with Gasteiger partial charge < -0.3 is 9.47 Å². The highest BCUT2D eigenvalue weighted by atomic mass is 16.5. The molecule has 0 aromatic heterocycles. The molecule has 0 heterocycles. The van der Waals surface area contributed by atoms with Crippen LogP contribution in [0.4, 0.5) is 0 Å². The second-order valence-corrected chi connectivity index (χ2v) is 4.94. The van der Waals surface area contributed by atoms with Crippen LogP contribution in [0, 0.1) is 5.92 Å². The molecule has 0 aliphatic heterocycles. The minimum absolute atomic E-state index is 0.0465. The zero-order chi connectivity index (χ0) is 13.6. The van der Waals surface area contributed by atoms with Crippen LogP contribution in [-0.2, 0) is 14.3 Å². The molecule has 108 valence electrons. The van der Waals surface area contributed by atoms with Gasteiger partial charge in [-0.25, -0.2) is 0 Å². The van der Waals surface area contributed by atoms with Gasteiger partial charge in [-0.05, 0) is 32.1 Å². The molecule has 0 bridgehead atoms. The van der Waals surface area contributed by atoms with E-state index in [-0.39, 0.29) is 5.97 Å². The molecule has 3 heteroatoms. The van der Waals surface area contributed by atoms with Gasteiger partial charge in [0.1, 0.15) is 0 Å². The Kier molecular flexibility index (Phi) is 12.5. The highest BCUT2D eigenvalue weighted by Crippen LogP contribution is 2.09. The molecule has 0 aliphatic carbocycles. The predicted molar refractivity (Wildman–Crippen MR) is 74.6 cm³/mol. The first-order valence-electron chi connectivity index (χ1n) is 7.44. The molecular formula is C15H30O3. The number of carbonyl (C=O) groups is 1. The lowest BCUT2D eigenvalue weighted by Gasteiger charge is -2.11. The third-order valence-corrected chi connectivity index (χ3v) is 2.95. The molecule has 0 amide bonds. The Balaban J connectivity index is 3.31. The molecule has 0 saturated carbocycles. The molecule has 0 saturated heterocycles. The van der Waals surface area contributed by atoms with Gasteiger partial charge in [-0.3, -0.25) is 4.79 Å². The second-order valence-electron chi connectivity index (χ2n) is 4.94. The van der Waals surface area contributed by atoms with E-state index >= 15 is 0 Å². The van der Waals surface area contributed by atoms with Crippen molar-refractivity contribution in [1.82, 2.24) is 0 Å². The van der Waals surface area contributed by atoms with Gasteiger partial charge in [0.15, 0.2) is 0 Å². The highest BCUT2D eigenvalue weighted by Gasteiger charge is 2.06. The van der Waals surface area contributed by atoms with Gasteiger partial charge in [-0.1, -0.05) is 33.1 Å². The number of hydrogen-bond acceptors (Lipinski definition) is 3. The SMILES string of the molecule is CCCCC(C)COC(=O)CCCCCOCC. The minimum Gasteiger partial charge on any atom is -0.465 e. The van der Waals surface area contributed by atoms with Gasteiger partial charge in [-0.15, -0.1) is 0 Å². The van der Waals surface area contributed by atoms with Gasteiger partial charge in [-0.2, -0.15) is 0 Å². The Morgan fingerprint density at radius 3 is 2.56 bits per heavy atom. The summed E-state index contributed by atoms with van der Waals surface area (Å²) in [6, 6.07) is 0. The van der Waals surface area contributed by atoms with E-state index in [2.05, 4.69) is 13.8 Å². The van der Waals surface area contributed by atoms with E-state index in [0.717, 1.165) is 38.9 Å². The van der Waals surface area contributed by atoms with Crippen molar-refractivity contribution in [2.45, 2.75) is 65.7 Å². The number of ether oxygens (including phenoxy) is 2. The fraction of sp³-hybridized carbons (Fsp3) is 0.933. The lowest BCUT2D eigenvalue weighted by atomic mass is 10.1. The van der Waals surface area contributed by atoms with Crippen molar-refractivity contribution >= 4 is 5.97 Å². The summed E-state index contributed by atoms with van der Waals surface area (Å²) >= 11 is 0.